The number of nitrogens with two attached hydrogens (primary N) is 1. The lowest BCUT2D eigenvalue weighted by Gasteiger charge is -2.22. The van der Waals surface area contributed by atoms with Crippen LogP contribution in [0.15, 0.2) is 21.4 Å². The highest BCUT2D eigenvalue weighted by molar-refractivity contribution is 9.10. The quantitative estimate of drug-likeness (QED) is 0.693. The van der Waals surface area contributed by atoms with E-state index in [0.29, 0.717) is 4.47 Å². The summed E-state index contributed by atoms with van der Waals surface area (Å²) in [5.74, 6) is -0.311. The van der Waals surface area contributed by atoms with Gasteiger partial charge in [-0.15, -0.1) is 0 Å². The largest absolute Gasteiger partial charge is 0.506 e. The molecule has 24 heavy (non-hydrogen) atoms. The van der Waals surface area contributed by atoms with Gasteiger partial charge < -0.3 is 15.8 Å². The number of phenolic OH excluding ortho intramolecular Hbond substituents is 1. The predicted octanol–water partition coefficient (Wildman–Crippen LogP) is 3.13. The molecule has 0 saturated carbocycles. The van der Waals surface area contributed by atoms with Crippen molar-refractivity contribution < 1.29 is 5.11 Å². The molecular formula is C17H15BrN4O2. The van der Waals surface area contributed by atoms with E-state index in [1.807, 2.05) is 26.8 Å². The van der Waals surface area contributed by atoms with Gasteiger partial charge in [0.25, 0.3) is 5.56 Å². The van der Waals surface area contributed by atoms with Crippen LogP contribution in [0.2, 0.25) is 0 Å². The first-order chi connectivity index (χ1) is 11.1. The molecule has 4 N–H and O–H groups in total. The standard InChI is InChI=1S/C17H15BrN4O2/c1-17(2,3)8-4-9(14(23)12(18)5-8)13-10(6-19)15(21)22-16(24)11(13)7-20/h4-5,23H,1-3H3,(H3,21,22,24). The second kappa shape index (κ2) is 6.03. The summed E-state index contributed by atoms with van der Waals surface area (Å²) in [6.45, 7) is 5.95. The van der Waals surface area contributed by atoms with Crippen molar-refractivity contribution in [2.75, 3.05) is 5.73 Å². The van der Waals surface area contributed by atoms with E-state index in [0.717, 1.165) is 5.56 Å². The summed E-state index contributed by atoms with van der Waals surface area (Å²) in [7, 11) is 0. The molecular weight excluding hydrogens is 372 g/mol. The normalized spacial score (nSPS) is 10.9. The predicted molar refractivity (Wildman–Crippen MR) is 94.4 cm³/mol. The highest BCUT2D eigenvalue weighted by Crippen LogP contribution is 2.42. The van der Waals surface area contributed by atoms with Crippen molar-refractivity contribution in [2.45, 2.75) is 26.2 Å². The van der Waals surface area contributed by atoms with Gasteiger partial charge >= 0.3 is 0 Å². The third kappa shape index (κ3) is 2.86. The number of rotatable bonds is 1. The molecule has 0 unspecified atom stereocenters. The van der Waals surface area contributed by atoms with Crippen LogP contribution in [0.4, 0.5) is 5.82 Å². The second-order valence-corrected chi connectivity index (χ2v) is 7.17. The van der Waals surface area contributed by atoms with Crippen LogP contribution in [-0.4, -0.2) is 10.1 Å². The first-order valence-electron chi connectivity index (χ1n) is 7.01. The molecule has 0 aliphatic rings. The molecule has 6 nitrogen and oxygen atoms in total. The van der Waals surface area contributed by atoms with E-state index in [2.05, 4.69) is 20.9 Å². The summed E-state index contributed by atoms with van der Waals surface area (Å²) in [5, 5.41) is 29.2. The molecule has 0 atom stereocenters. The average molecular weight is 387 g/mol. The van der Waals surface area contributed by atoms with Gasteiger partial charge in [-0.05, 0) is 39.0 Å². The summed E-state index contributed by atoms with van der Waals surface area (Å²) in [6.07, 6.45) is 0. The van der Waals surface area contributed by atoms with E-state index < -0.39 is 5.56 Å². The molecule has 2 rings (SSSR count). The highest BCUT2D eigenvalue weighted by Gasteiger charge is 2.24. The van der Waals surface area contributed by atoms with Crippen LogP contribution < -0.4 is 11.3 Å². The fourth-order valence-electron chi connectivity index (χ4n) is 2.34. The minimum Gasteiger partial charge on any atom is -0.506 e. The number of aromatic amines is 1. The van der Waals surface area contributed by atoms with Crippen LogP contribution in [0, 0.1) is 22.7 Å². The lowest BCUT2D eigenvalue weighted by atomic mass is 9.84. The van der Waals surface area contributed by atoms with Gasteiger partial charge in [0.1, 0.15) is 34.8 Å². The third-order valence-corrected chi connectivity index (χ3v) is 4.27. The van der Waals surface area contributed by atoms with Gasteiger partial charge in [0, 0.05) is 11.1 Å². The molecule has 0 fully saturated rings. The Morgan fingerprint density at radius 3 is 2.29 bits per heavy atom. The number of nitrogen functional groups attached to an aromatic ring is 1. The molecule has 1 heterocycles. The highest BCUT2D eigenvalue weighted by atomic mass is 79.9. The fraction of sp³-hybridized carbons (Fsp3) is 0.235. The Bertz CT molecular complexity index is 973. The number of phenols is 1. The van der Waals surface area contributed by atoms with E-state index in [4.69, 9.17) is 5.73 Å². The summed E-state index contributed by atoms with van der Waals surface area (Å²) in [6, 6.07) is 7.11. The number of nitriles is 2. The Morgan fingerprint density at radius 1 is 1.21 bits per heavy atom. The van der Waals surface area contributed by atoms with Crippen molar-refractivity contribution in [1.29, 1.82) is 10.5 Å². The Kier molecular flexibility index (Phi) is 4.42. The molecule has 0 amide bonds. The minimum absolute atomic E-state index is 0.0329. The Hall–Kier alpha value is -2.77. The first-order valence-corrected chi connectivity index (χ1v) is 7.80. The maximum Gasteiger partial charge on any atom is 0.268 e. The second-order valence-electron chi connectivity index (χ2n) is 6.32. The first kappa shape index (κ1) is 17.6. The third-order valence-electron chi connectivity index (χ3n) is 3.67. The summed E-state index contributed by atoms with van der Waals surface area (Å²) in [5.41, 5.74) is 5.54. The number of nitrogens with one attached hydrogen (secondary N) is 1. The van der Waals surface area contributed by atoms with Gasteiger partial charge in [-0.25, -0.2) is 0 Å². The Morgan fingerprint density at radius 2 is 1.79 bits per heavy atom. The zero-order valence-electron chi connectivity index (χ0n) is 13.4. The number of aromatic hydroxyl groups is 1. The molecule has 7 heteroatoms. The van der Waals surface area contributed by atoms with Gasteiger partial charge in [-0.3, -0.25) is 4.79 Å². The summed E-state index contributed by atoms with van der Waals surface area (Å²) < 4.78 is 0.400. The van der Waals surface area contributed by atoms with Gasteiger partial charge in [-0.2, -0.15) is 10.5 Å². The van der Waals surface area contributed by atoms with E-state index >= 15 is 0 Å². The zero-order valence-corrected chi connectivity index (χ0v) is 14.9. The van der Waals surface area contributed by atoms with Crippen LogP contribution in [0.25, 0.3) is 11.1 Å². The van der Waals surface area contributed by atoms with Gasteiger partial charge in [0.15, 0.2) is 0 Å². The van der Waals surface area contributed by atoms with Crippen molar-refractivity contribution >= 4 is 21.7 Å². The number of anilines is 1. The molecule has 0 spiro atoms. The lowest BCUT2D eigenvalue weighted by molar-refractivity contribution is 0.472. The lowest BCUT2D eigenvalue weighted by Crippen LogP contribution is -2.17. The van der Waals surface area contributed by atoms with Crippen molar-refractivity contribution in [1.82, 2.24) is 4.98 Å². The monoisotopic (exact) mass is 386 g/mol. The number of hydrogen-bond acceptors (Lipinski definition) is 5. The van der Waals surface area contributed by atoms with E-state index in [1.54, 1.807) is 18.2 Å². The topological polar surface area (TPSA) is 127 Å². The minimum atomic E-state index is -0.708. The number of pyridine rings is 1. The SMILES string of the molecule is CC(C)(C)c1cc(Br)c(O)c(-c2c(C#N)c(N)[nH]c(=O)c2C#N)c1. The zero-order chi connectivity index (χ0) is 18.2. The van der Waals surface area contributed by atoms with E-state index in [1.165, 1.54) is 0 Å². The molecule has 0 radical (unpaired) electrons. The van der Waals surface area contributed by atoms with Crippen LogP contribution >= 0.6 is 15.9 Å². The molecule has 0 aliphatic heterocycles. The number of halogens is 1. The maximum absolute atomic E-state index is 12.1. The van der Waals surface area contributed by atoms with Crippen LogP contribution in [0.5, 0.6) is 5.75 Å². The van der Waals surface area contributed by atoms with Crippen LogP contribution in [-0.2, 0) is 5.41 Å². The molecule has 1 aromatic carbocycles. The Labute approximate surface area is 147 Å². The van der Waals surface area contributed by atoms with E-state index in [9.17, 15) is 20.4 Å². The molecule has 0 saturated heterocycles. The van der Waals surface area contributed by atoms with Crippen molar-refractivity contribution in [2.24, 2.45) is 0 Å². The van der Waals surface area contributed by atoms with Crippen molar-refractivity contribution in [3.8, 4) is 29.0 Å². The van der Waals surface area contributed by atoms with Gasteiger partial charge in [-0.1, -0.05) is 20.8 Å². The summed E-state index contributed by atoms with van der Waals surface area (Å²) >= 11 is 3.28. The number of H-pyrrole nitrogens is 1. The number of nitrogens with zero attached hydrogens (tertiary/aromatic N) is 2. The molecule has 122 valence electrons. The molecule has 0 bridgehead atoms. The van der Waals surface area contributed by atoms with E-state index in [-0.39, 0.29) is 39.2 Å². The molecule has 1 aromatic heterocycles. The average Bonchev–Trinajstić information content (AvgIpc) is 2.48. The summed E-state index contributed by atoms with van der Waals surface area (Å²) in [4.78, 5) is 14.3. The van der Waals surface area contributed by atoms with Crippen molar-refractivity contribution in [3.63, 3.8) is 0 Å². The number of benzene rings is 1. The number of aromatic nitrogens is 1. The van der Waals surface area contributed by atoms with Gasteiger partial charge in [0.05, 0.1) is 4.47 Å². The fourth-order valence-corrected chi connectivity index (χ4v) is 2.80. The smallest absolute Gasteiger partial charge is 0.268 e. The Balaban J connectivity index is 3.03. The molecule has 2 aromatic rings. The van der Waals surface area contributed by atoms with Crippen LogP contribution in [0.3, 0.4) is 0 Å². The number of hydrogen-bond donors (Lipinski definition) is 3. The molecule has 0 aliphatic carbocycles. The van der Waals surface area contributed by atoms with Crippen molar-refractivity contribution in [3.05, 3.63) is 43.6 Å². The van der Waals surface area contributed by atoms with Crippen LogP contribution in [0.1, 0.15) is 37.5 Å². The van der Waals surface area contributed by atoms with Gasteiger partial charge in [0.2, 0.25) is 0 Å². The maximum atomic E-state index is 12.1.